The minimum atomic E-state index is -0.268. The second-order valence-electron chi connectivity index (χ2n) is 5.86. The van der Waals surface area contributed by atoms with E-state index in [0.717, 1.165) is 24.2 Å². The molecular weight excluding hydrogens is 304 g/mol. The van der Waals surface area contributed by atoms with Gasteiger partial charge in [0, 0.05) is 12.5 Å². The summed E-state index contributed by atoms with van der Waals surface area (Å²) in [6.07, 6.45) is 9.91. The SMILES string of the molecule is C=CC1OC(=O)N2C[C@H](C3=C4C=NC=C[N+]4(Cl)C=N3)CC[C@@H]12. The average molecular weight is 320 g/mol. The number of ether oxygens (including phenoxy) is 1. The Morgan fingerprint density at radius 3 is 3.18 bits per heavy atom. The predicted octanol–water partition coefficient (Wildman–Crippen LogP) is 2.55. The van der Waals surface area contributed by atoms with E-state index in [9.17, 15) is 4.79 Å². The molecule has 1 amide bonds. The number of allylic oxidation sites excluding steroid dienone is 1. The van der Waals surface area contributed by atoms with Crippen LogP contribution in [0, 0.1) is 5.92 Å². The molecule has 114 valence electrons. The number of quaternary nitrogens is 1. The first-order valence-electron chi connectivity index (χ1n) is 7.31. The summed E-state index contributed by atoms with van der Waals surface area (Å²) in [5, 5.41) is 0. The van der Waals surface area contributed by atoms with Crippen molar-refractivity contribution < 1.29 is 13.5 Å². The second kappa shape index (κ2) is 4.79. The molecule has 0 bridgehead atoms. The first-order chi connectivity index (χ1) is 10.6. The van der Waals surface area contributed by atoms with E-state index in [0.29, 0.717) is 6.54 Å². The average Bonchev–Trinajstić information content (AvgIpc) is 3.04. The summed E-state index contributed by atoms with van der Waals surface area (Å²) >= 11 is 6.51. The molecule has 22 heavy (non-hydrogen) atoms. The van der Waals surface area contributed by atoms with Gasteiger partial charge in [-0.25, -0.2) is 4.79 Å². The summed E-state index contributed by atoms with van der Waals surface area (Å²) in [6, 6.07) is 0.0902. The first-order valence-corrected chi connectivity index (χ1v) is 7.65. The standard InChI is InChI=1S/C15H16ClN4O2/c1-2-13-11-4-3-10(8-19(11)15(21)22-13)14-12-7-17-5-6-20(12,16)9-18-14/h2,5-7,9-11,13H,1,3-4,8H2/q+1/t10-,11+,13?,20?/m1/s1. The molecule has 0 aromatic heterocycles. The van der Waals surface area contributed by atoms with Crippen LogP contribution in [-0.2, 0) is 4.74 Å². The minimum absolute atomic E-state index is 0.0263. The van der Waals surface area contributed by atoms with Gasteiger partial charge >= 0.3 is 6.09 Å². The molecular formula is C15H16ClN4O2+. The molecule has 2 saturated heterocycles. The zero-order valence-electron chi connectivity index (χ0n) is 11.9. The Morgan fingerprint density at radius 2 is 2.36 bits per heavy atom. The van der Waals surface area contributed by atoms with Crippen LogP contribution in [0.5, 0.6) is 0 Å². The van der Waals surface area contributed by atoms with E-state index in [1.165, 1.54) is 0 Å². The summed E-state index contributed by atoms with van der Waals surface area (Å²) in [7, 11) is 0. The molecule has 0 aliphatic carbocycles. The predicted molar refractivity (Wildman–Crippen MR) is 82.9 cm³/mol. The summed E-state index contributed by atoms with van der Waals surface area (Å²) in [5.74, 6) is 0.148. The number of nitrogens with zero attached hydrogens (tertiary/aromatic N) is 4. The number of fused-ring (bicyclic) bond motifs is 2. The van der Waals surface area contributed by atoms with E-state index in [1.54, 1.807) is 35.9 Å². The van der Waals surface area contributed by atoms with Gasteiger partial charge in [0.15, 0.2) is 11.8 Å². The van der Waals surface area contributed by atoms with Crippen molar-refractivity contribution in [2.45, 2.75) is 25.0 Å². The zero-order valence-corrected chi connectivity index (χ0v) is 12.7. The third-order valence-corrected chi connectivity index (χ3v) is 5.04. The molecule has 6 nitrogen and oxygen atoms in total. The molecule has 2 fully saturated rings. The highest BCUT2D eigenvalue weighted by Gasteiger charge is 2.47. The van der Waals surface area contributed by atoms with Crippen molar-refractivity contribution in [2.24, 2.45) is 15.9 Å². The number of hydrogen-bond donors (Lipinski definition) is 0. The fourth-order valence-electron chi connectivity index (χ4n) is 3.52. The number of halogens is 1. The third kappa shape index (κ3) is 1.87. The Bertz CT molecular complexity index is 668. The van der Waals surface area contributed by atoms with Gasteiger partial charge in [0.2, 0.25) is 12.0 Å². The van der Waals surface area contributed by atoms with Crippen LogP contribution in [0.1, 0.15) is 12.8 Å². The summed E-state index contributed by atoms with van der Waals surface area (Å²) in [5.41, 5.74) is 1.77. The highest BCUT2D eigenvalue weighted by Crippen LogP contribution is 2.40. The van der Waals surface area contributed by atoms with Crippen molar-refractivity contribution in [2.75, 3.05) is 6.54 Å². The van der Waals surface area contributed by atoms with E-state index in [1.807, 2.05) is 0 Å². The highest BCUT2D eigenvalue weighted by atomic mass is 35.5. The largest absolute Gasteiger partial charge is 0.440 e. The molecule has 0 spiro atoms. The van der Waals surface area contributed by atoms with Gasteiger partial charge in [-0.2, -0.15) is 4.99 Å². The van der Waals surface area contributed by atoms with Crippen molar-refractivity contribution >= 4 is 30.4 Å². The number of aliphatic imine (C=N–C) groups is 2. The summed E-state index contributed by atoms with van der Waals surface area (Å²) < 4.78 is 5.37. The first kappa shape index (κ1) is 13.7. The molecule has 0 radical (unpaired) electrons. The van der Waals surface area contributed by atoms with Gasteiger partial charge < -0.3 is 9.64 Å². The molecule has 4 atom stereocenters. The van der Waals surface area contributed by atoms with E-state index in [-0.39, 0.29) is 28.2 Å². The van der Waals surface area contributed by atoms with Crippen LogP contribution >= 0.6 is 11.8 Å². The van der Waals surface area contributed by atoms with Gasteiger partial charge in [0.05, 0.1) is 18.5 Å². The summed E-state index contributed by atoms with van der Waals surface area (Å²) in [6.45, 7) is 4.34. The molecule has 0 aromatic rings. The molecule has 4 aliphatic rings. The van der Waals surface area contributed by atoms with Gasteiger partial charge in [-0.15, -0.1) is 4.00 Å². The number of carbonyl (C=O) groups excluding carboxylic acids is 1. The molecule has 4 aliphatic heterocycles. The minimum Gasteiger partial charge on any atom is -0.440 e. The van der Waals surface area contributed by atoms with Crippen LogP contribution in [0.2, 0.25) is 0 Å². The zero-order chi connectivity index (χ0) is 15.3. The molecule has 7 heteroatoms. The van der Waals surface area contributed by atoms with Crippen molar-refractivity contribution in [3.8, 4) is 0 Å². The number of piperidine rings is 1. The third-order valence-electron chi connectivity index (χ3n) is 4.66. The Balaban J connectivity index is 1.61. The fraction of sp³-hybridized carbons (Fsp3) is 0.400. The smallest absolute Gasteiger partial charge is 0.410 e. The van der Waals surface area contributed by atoms with E-state index in [2.05, 4.69) is 16.6 Å². The normalized spacial score (nSPS) is 39.0. The van der Waals surface area contributed by atoms with Crippen molar-refractivity contribution in [3.05, 3.63) is 36.4 Å². The quantitative estimate of drug-likeness (QED) is 0.580. The number of cyclic esters (lactones) is 1. The molecule has 2 unspecified atom stereocenters. The number of amides is 1. The van der Waals surface area contributed by atoms with Crippen LogP contribution in [0.15, 0.2) is 46.4 Å². The topological polar surface area (TPSA) is 54.3 Å². The number of rotatable bonds is 2. The maximum absolute atomic E-state index is 12.0. The Morgan fingerprint density at radius 1 is 1.50 bits per heavy atom. The number of carbonyl (C=O) groups is 1. The van der Waals surface area contributed by atoms with Crippen molar-refractivity contribution in [3.63, 3.8) is 0 Å². The van der Waals surface area contributed by atoms with E-state index in [4.69, 9.17) is 16.5 Å². The highest BCUT2D eigenvalue weighted by molar-refractivity contribution is 6.14. The van der Waals surface area contributed by atoms with Gasteiger partial charge in [-0.1, -0.05) is 6.58 Å². The number of hydrogen-bond acceptors (Lipinski definition) is 4. The maximum Gasteiger partial charge on any atom is 0.410 e. The Hall–Kier alpha value is -1.92. The fourth-order valence-corrected chi connectivity index (χ4v) is 3.75. The lowest BCUT2D eigenvalue weighted by Gasteiger charge is -2.33. The van der Waals surface area contributed by atoms with Crippen LogP contribution in [-0.4, -0.2) is 46.2 Å². The van der Waals surface area contributed by atoms with E-state index < -0.39 is 0 Å². The van der Waals surface area contributed by atoms with Gasteiger partial charge in [0.1, 0.15) is 18.0 Å². The van der Waals surface area contributed by atoms with Crippen LogP contribution in [0.25, 0.3) is 0 Å². The molecule has 0 aromatic carbocycles. The van der Waals surface area contributed by atoms with Crippen molar-refractivity contribution in [1.29, 1.82) is 0 Å². The Labute approximate surface area is 133 Å². The van der Waals surface area contributed by atoms with Crippen molar-refractivity contribution in [1.82, 2.24) is 4.90 Å². The Kier molecular flexibility index (Phi) is 2.99. The van der Waals surface area contributed by atoms with Gasteiger partial charge in [0.25, 0.3) is 0 Å². The lowest BCUT2D eigenvalue weighted by atomic mass is 9.88. The molecule has 0 saturated carbocycles. The molecule has 4 rings (SSSR count). The second-order valence-corrected chi connectivity index (χ2v) is 6.42. The van der Waals surface area contributed by atoms with Gasteiger partial charge in [-0.3, -0.25) is 4.99 Å². The summed E-state index contributed by atoms with van der Waals surface area (Å²) in [4.78, 5) is 22.5. The lowest BCUT2D eigenvalue weighted by Crippen LogP contribution is -2.44. The van der Waals surface area contributed by atoms with E-state index >= 15 is 0 Å². The monoisotopic (exact) mass is 319 g/mol. The maximum atomic E-state index is 12.0. The van der Waals surface area contributed by atoms with Crippen LogP contribution in [0.4, 0.5) is 4.79 Å². The van der Waals surface area contributed by atoms with Gasteiger partial charge in [-0.05, 0) is 18.9 Å². The molecule has 4 heterocycles. The van der Waals surface area contributed by atoms with Crippen LogP contribution < -0.4 is 0 Å². The molecule has 0 N–H and O–H groups in total. The lowest BCUT2D eigenvalue weighted by molar-refractivity contribution is -0.592. The van der Waals surface area contributed by atoms with Crippen LogP contribution in [0.3, 0.4) is 0 Å².